The second-order valence-electron chi connectivity index (χ2n) is 5.30. The van der Waals surface area contributed by atoms with Crippen molar-refractivity contribution in [2.75, 3.05) is 0 Å². The van der Waals surface area contributed by atoms with Crippen LogP contribution in [0.2, 0.25) is 0 Å². The van der Waals surface area contributed by atoms with Crippen molar-refractivity contribution in [3.63, 3.8) is 0 Å². The maximum absolute atomic E-state index is 14.7. The van der Waals surface area contributed by atoms with Crippen LogP contribution in [0, 0.1) is 0 Å². The molecule has 0 bridgehead atoms. The maximum atomic E-state index is 14.7. The molecule has 1 aliphatic rings. The molecule has 7 atom stereocenters. The highest BCUT2D eigenvalue weighted by molar-refractivity contribution is 9.09. The summed E-state index contributed by atoms with van der Waals surface area (Å²) in [5.74, 6) is -4.10. The van der Waals surface area contributed by atoms with E-state index in [-0.39, 0.29) is 23.7 Å². The van der Waals surface area contributed by atoms with Crippen LogP contribution < -0.4 is 0 Å². The normalized spacial score (nSPS) is 36.9. The monoisotopic (exact) mass is 390 g/mol. The first-order valence-electron chi connectivity index (χ1n) is 6.94. The van der Waals surface area contributed by atoms with E-state index in [1.807, 2.05) is 0 Å². The number of alkyl halides is 2. The van der Waals surface area contributed by atoms with Gasteiger partial charge in [-0.1, -0.05) is 29.8 Å². The molecule has 0 saturated carbocycles. The molecule has 0 aromatic carbocycles. The average Bonchev–Trinajstić information content (AvgIpc) is 2.64. The lowest BCUT2D eigenvalue weighted by Crippen LogP contribution is -2.37. The van der Waals surface area contributed by atoms with Crippen LogP contribution in [-0.2, 0) is 13.8 Å². The van der Waals surface area contributed by atoms with Crippen LogP contribution in [0.5, 0.6) is 0 Å². The summed E-state index contributed by atoms with van der Waals surface area (Å²) in [6.45, 7) is 2.94. The van der Waals surface area contributed by atoms with Gasteiger partial charge < -0.3 is 19.8 Å². The van der Waals surface area contributed by atoms with Gasteiger partial charge in [0.15, 0.2) is 5.85 Å². The number of halogens is 2. The summed E-state index contributed by atoms with van der Waals surface area (Å²) in [5, 5.41) is 19.4. The zero-order valence-electron chi connectivity index (χ0n) is 12.3. The largest absolute Gasteiger partial charge is 0.389 e. The molecule has 1 fully saturated rings. The lowest BCUT2D eigenvalue weighted by molar-refractivity contribution is -0.120. The second kappa shape index (κ2) is 7.38. The Kier molecular flexibility index (Phi) is 6.87. The van der Waals surface area contributed by atoms with Crippen LogP contribution in [-0.4, -0.2) is 57.7 Å². The molecule has 0 spiro atoms. The highest BCUT2D eigenvalue weighted by atomic mass is 79.9. The minimum Gasteiger partial charge on any atom is -0.389 e. The summed E-state index contributed by atoms with van der Waals surface area (Å²) < 4.78 is 36.7. The number of hydrogen-bond acceptors (Lipinski definition) is 5. The van der Waals surface area contributed by atoms with Gasteiger partial charge in [-0.25, -0.2) is 4.39 Å². The van der Waals surface area contributed by atoms with E-state index in [1.165, 1.54) is 13.8 Å². The Morgan fingerprint density at radius 2 is 2.14 bits per heavy atom. The topological polar surface area (TPSA) is 96.2 Å². The molecule has 0 aromatic heterocycles. The Labute approximate surface area is 133 Å². The van der Waals surface area contributed by atoms with Gasteiger partial charge in [0.1, 0.15) is 7.85 Å². The van der Waals surface area contributed by atoms with Gasteiger partial charge in [0, 0.05) is 18.8 Å². The molecule has 0 aliphatic carbocycles. The van der Waals surface area contributed by atoms with Crippen molar-refractivity contribution >= 4 is 31.4 Å². The van der Waals surface area contributed by atoms with Crippen molar-refractivity contribution < 1.29 is 33.3 Å². The third-order valence-electron chi connectivity index (χ3n) is 3.62. The molecule has 1 saturated heterocycles. The highest BCUT2D eigenvalue weighted by Gasteiger charge is 2.48. The average molecular weight is 391 g/mol. The number of hydrogen-bond donors (Lipinski definition) is 3. The van der Waals surface area contributed by atoms with E-state index < -0.39 is 37.9 Å². The summed E-state index contributed by atoms with van der Waals surface area (Å²) in [4.78, 5) is 9.28. The van der Waals surface area contributed by atoms with Gasteiger partial charge in [-0.3, -0.25) is 9.09 Å². The zero-order valence-corrected chi connectivity index (χ0v) is 14.8. The molecule has 124 valence electrons. The van der Waals surface area contributed by atoms with Gasteiger partial charge in [-0.15, -0.1) is 0 Å². The Balaban J connectivity index is 2.79. The SMILES string of the molecule is B[C@@H]1O[C@H](CC(F)(CC)OP(=O)(O)C(O)CC)[C@@H](O)[C@H]1Br. The molecular weight excluding hydrogens is 369 g/mol. The van der Waals surface area contributed by atoms with Gasteiger partial charge >= 0.3 is 7.60 Å². The molecule has 21 heavy (non-hydrogen) atoms. The van der Waals surface area contributed by atoms with E-state index >= 15 is 0 Å². The van der Waals surface area contributed by atoms with E-state index in [4.69, 9.17) is 9.26 Å². The standard InChI is InChI=1S/C11H22BBrFO6P/c1-3-7(15)21(17,18)20-11(14,4-2)5-6-9(16)8(13)10(12)19-6/h6-10,15-16H,3-5,12H2,1-2H3,(H,17,18)/t6-,7?,8-,9-,10-,11?/m1/s1. The fourth-order valence-corrected chi connectivity index (χ4v) is 3.88. The smallest absolute Gasteiger partial charge is 0.359 e. The summed E-state index contributed by atoms with van der Waals surface area (Å²) in [7, 11) is -2.77. The number of ether oxygens (including phenoxy) is 1. The van der Waals surface area contributed by atoms with Crippen LogP contribution in [0.15, 0.2) is 0 Å². The minimum absolute atomic E-state index is 0.0311. The van der Waals surface area contributed by atoms with Crippen molar-refractivity contribution in [1.82, 2.24) is 0 Å². The lowest BCUT2D eigenvalue weighted by atomic mass is 9.95. The quantitative estimate of drug-likeness (QED) is 0.339. The van der Waals surface area contributed by atoms with Gasteiger partial charge in [0.05, 0.1) is 17.0 Å². The second-order valence-corrected chi connectivity index (χ2v) is 8.26. The Hall–Kier alpha value is 0.505. The van der Waals surface area contributed by atoms with Crippen LogP contribution in [0.4, 0.5) is 4.39 Å². The fraction of sp³-hybridized carbons (Fsp3) is 1.00. The zero-order chi connectivity index (χ0) is 16.4. The number of rotatable bonds is 7. The molecule has 1 aliphatic heterocycles. The molecule has 10 heteroatoms. The van der Waals surface area contributed by atoms with Crippen LogP contribution in [0.25, 0.3) is 0 Å². The molecular formula is C11H22BBrFO6P. The van der Waals surface area contributed by atoms with Crippen molar-refractivity contribution in [2.45, 2.75) is 67.8 Å². The third-order valence-corrected chi connectivity index (χ3v) is 6.61. The van der Waals surface area contributed by atoms with Crippen LogP contribution >= 0.6 is 23.5 Å². The third kappa shape index (κ3) is 4.74. The summed E-state index contributed by atoms with van der Waals surface area (Å²) in [5.41, 5.74) is 0. The highest BCUT2D eigenvalue weighted by Crippen LogP contribution is 2.53. The molecule has 0 radical (unpaired) electrons. The number of aliphatic hydroxyl groups excluding tert-OH is 2. The predicted octanol–water partition coefficient (Wildman–Crippen LogP) is 0.865. The van der Waals surface area contributed by atoms with Crippen molar-refractivity contribution in [1.29, 1.82) is 0 Å². The Morgan fingerprint density at radius 3 is 2.52 bits per heavy atom. The molecule has 3 unspecified atom stereocenters. The minimum atomic E-state index is -4.50. The summed E-state index contributed by atoms with van der Waals surface area (Å²) in [6.07, 6.45) is -2.43. The fourth-order valence-electron chi connectivity index (χ4n) is 2.16. The first-order chi connectivity index (χ1) is 9.56. The molecule has 0 amide bonds. The van der Waals surface area contributed by atoms with Crippen LogP contribution in [0.3, 0.4) is 0 Å². The molecule has 3 N–H and O–H groups in total. The van der Waals surface area contributed by atoms with Crippen molar-refractivity contribution in [2.24, 2.45) is 0 Å². The summed E-state index contributed by atoms with van der Waals surface area (Å²) >= 11 is 3.25. The van der Waals surface area contributed by atoms with E-state index in [2.05, 4.69) is 15.9 Å². The van der Waals surface area contributed by atoms with Gasteiger partial charge in [0.2, 0.25) is 5.85 Å². The van der Waals surface area contributed by atoms with E-state index in [1.54, 1.807) is 7.85 Å². The van der Waals surface area contributed by atoms with Gasteiger partial charge in [-0.2, -0.15) is 0 Å². The van der Waals surface area contributed by atoms with Crippen molar-refractivity contribution in [3.05, 3.63) is 0 Å². The summed E-state index contributed by atoms with van der Waals surface area (Å²) in [6, 6.07) is -0.312. The maximum Gasteiger partial charge on any atom is 0.359 e. The molecule has 1 heterocycles. The predicted molar refractivity (Wildman–Crippen MR) is 81.9 cm³/mol. The first-order valence-corrected chi connectivity index (χ1v) is 9.50. The molecule has 6 nitrogen and oxygen atoms in total. The van der Waals surface area contributed by atoms with E-state index in [9.17, 15) is 24.1 Å². The van der Waals surface area contributed by atoms with E-state index in [0.717, 1.165) is 0 Å². The molecule has 1 rings (SSSR count). The number of aliphatic hydroxyl groups is 2. The van der Waals surface area contributed by atoms with Crippen LogP contribution in [0.1, 0.15) is 33.1 Å². The Morgan fingerprint density at radius 1 is 1.57 bits per heavy atom. The van der Waals surface area contributed by atoms with E-state index in [0.29, 0.717) is 0 Å². The molecule has 0 aromatic rings. The Bertz CT molecular complexity index is 405. The van der Waals surface area contributed by atoms with Gasteiger partial charge in [-0.05, 0) is 6.42 Å². The lowest BCUT2D eigenvalue weighted by Gasteiger charge is -2.31. The van der Waals surface area contributed by atoms with Gasteiger partial charge in [0.25, 0.3) is 0 Å². The first kappa shape index (κ1) is 19.6. The van der Waals surface area contributed by atoms with Crippen molar-refractivity contribution in [3.8, 4) is 0 Å².